The van der Waals surface area contributed by atoms with Gasteiger partial charge in [-0.1, -0.05) is 30.3 Å². The molecule has 3 aromatic heterocycles. The van der Waals surface area contributed by atoms with Crippen LogP contribution in [-0.2, 0) is 0 Å². The van der Waals surface area contributed by atoms with E-state index >= 15 is 0 Å². The van der Waals surface area contributed by atoms with Gasteiger partial charge in [-0.25, -0.2) is 15.0 Å². The van der Waals surface area contributed by atoms with Crippen molar-refractivity contribution < 1.29 is 0 Å². The second kappa shape index (κ2) is 6.16. The van der Waals surface area contributed by atoms with Crippen LogP contribution in [0.3, 0.4) is 0 Å². The fourth-order valence-corrected chi connectivity index (χ4v) is 4.34. The van der Waals surface area contributed by atoms with Gasteiger partial charge in [0.15, 0.2) is 17.5 Å². The van der Waals surface area contributed by atoms with E-state index in [1.807, 2.05) is 43.5 Å². The number of aromatic nitrogens is 7. The van der Waals surface area contributed by atoms with E-state index in [0.29, 0.717) is 11.5 Å². The van der Waals surface area contributed by atoms with E-state index in [2.05, 4.69) is 34.6 Å². The number of hydrogen-bond donors (Lipinski definition) is 0. The summed E-state index contributed by atoms with van der Waals surface area (Å²) in [4.78, 5) is 21.1. The SMILES string of the molecule is Cc1nnc2n1-c1cnc(-c3nccnc3-c3ccccc3)nc1N1CCCC21. The van der Waals surface area contributed by atoms with Crippen LogP contribution in [0.1, 0.15) is 30.5 Å². The van der Waals surface area contributed by atoms with Gasteiger partial charge in [0, 0.05) is 24.5 Å². The van der Waals surface area contributed by atoms with Crippen LogP contribution in [0.4, 0.5) is 5.82 Å². The van der Waals surface area contributed by atoms with Crippen LogP contribution in [0, 0.1) is 6.92 Å². The number of aryl methyl sites for hydroxylation is 1. The first-order valence-electron chi connectivity index (χ1n) is 9.74. The lowest BCUT2D eigenvalue weighted by molar-refractivity contribution is 0.618. The fraction of sp³-hybridized carbons (Fsp3) is 0.238. The molecule has 29 heavy (non-hydrogen) atoms. The fourth-order valence-electron chi connectivity index (χ4n) is 4.34. The molecular formula is C21H18N8. The highest BCUT2D eigenvalue weighted by atomic mass is 15.4. The Kier molecular flexibility index (Phi) is 3.46. The number of nitrogens with zero attached hydrogens (tertiary/aromatic N) is 8. The summed E-state index contributed by atoms with van der Waals surface area (Å²) in [6.45, 7) is 2.92. The Morgan fingerprint density at radius 2 is 1.79 bits per heavy atom. The van der Waals surface area contributed by atoms with Crippen LogP contribution in [0.15, 0.2) is 48.9 Å². The number of benzene rings is 1. The number of rotatable bonds is 2. The van der Waals surface area contributed by atoms with Gasteiger partial charge in [0.05, 0.1) is 17.9 Å². The van der Waals surface area contributed by atoms with Crippen molar-refractivity contribution in [2.75, 3.05) is 11.4 Å². The predicted molar refractivity (Wildman–Crippen MR) is 107 cm³/mol. The van der Waals surface area contributed by atoms with Crippen LogP contribution in [0.2, 0.25) is 0 Å². The normalized spacial score (nSPS) is 17.0. The molecule has 1 aromatic carbocycles. The molecule has 4 aromatic rings. The van der Waals surface area contributed by atoms with Gasteiger partial charge in [-0.2, -0.15) is 0 Å². The minimum atomic E-state index is 0.210. The molecule has 0 spiro atoms. The molecule has 0 radical (unpaired) electrons. The van der Waals surface area contributed by atoms with Crippen molar-refractivity contribution in [1.29, 1.82) is 0 Å². The minimum Gasteiger partial charge on any atom is -0.344 e. The van der Waals surface area contributed by atoms with E-state index in [4.69, 9.17) is 4.98 Å². The van der Waals surface area contributed by atoms with E-state index in [1.54, 1.807) is 12.4 Å². The molecule has 6 rings (SSSR count). The Labute approximate surface area is 167 Å². The zero-order chi connectivity index (χ0) is 19.4. The van der Waals surface area contributed by atoms with Gasteiger partial charge in [0.1, 0.15) is 17.2 Å². The summed E-state index contributed by atoms with van der Waals surface area (Å²) in [5.74, 6) is 3.33. The van der Waals surface area contributed by atoms with Crippen molar-refractivity contribution in [3.05, 3.63) is 60.6 Å². The molecule has 2 aliphatic heterocycles. The summed E-state index contributed by atoms with van der Waals surface area (Å²) in [7, 11) is 0. The Hall–Kier alpha value is -3.68. The average molecular weight is 382 g/mol. The molecule has 1 fully saturated rings. The van der Waals surface area contributed by atoms with E-state index in [0.717, 1.165) is 53.8 Å². The summed E-state index contributed by atoms with van der Waals surface area (Å²) >= 11 is 0. The quantitative estimate of drug-likeness (QED) is 0.526. The van der Waals surface area contributed by atoms with Crippen LogP contribution < -0.4 is 4.90 Å². The summed E-state index contributed by atoms with van der Waals surface area (Å²) in [5, 5.41) is 8.73. The first-order valence-corrected chi connectivity index (χ1v) is 9.74. The summed E-state index contributed by atoms with van der Waals surface area (Å²) in [6, 6.07) is 10.2. The van der Waals surface area contributed by atoms with Crippen LogP contribution >= 0.6 is 0 Å². The zero-order valence-electron chi connectivity index (χ0n) is 15.9. The van der Waals surface area contributed by atoms with Gasteiger partial charge < -0.3 is 4.90 Å². The maximum atomic E-state index is 4.97. The molecule has 142 valence electrons. The highest BCUT2D eigenvalue weighted by molar-refractivity contribution is 5.76. The van der Waals surface area contributed by atoms with Gasteiger partial charge in [-0.15, -0.1) is 10.2 Å². The average Bonchev–Trinajstić information content (AvgIpc) is 3.41. The molecule has 0 N–H and O–H groups in total. The Bertz CT molecular complexity index is 1220. The van der Waals surface area contributed by atoms with Crippen molar-refractivity contribution in [3.63, 3.8) is 0 Å². The second-order valence-electron chi connectivity index (χ2n) is 7.31. The maximum absolute atomic E-state index is 4.97. The predicted octanol–water partition coefficient (Wildman–Crippen LogP) is 3.14. The molecule has 1 unspecified atom stereocenters. The van der Waals surface area contributed by atoms with Gasteiger partial charge >= 0.3 is 0 Å². The monoisotopic (exact) mass is 382 g/mol. The van der Waals surface area contributed by atoms with E-state index in [1.165, 1.54) is 0 Å². The number of hydrogen-bond acceptors (Lipinski definition) is 7. The molecule has 1 saturated heterocycles. The number of fused-ring (bicyclic) bond motifs is 6. The van der Waals surface area contributed by atoms with Crippen molar-refractivity contribution in [2.24, 2.45) is 0 Å². The molecule has 5 heterocycles. The first kappa shape index (κ1) is 16.3. The van der Waals surface area contributed by atoms with Gasteiger partial charge in [0.2, 0.25) is 0 Å². The van der Waals surface area contributed by atoms with Crippen molar-refractivity contribution in [1.82, 2.24) is 34.7 Å². The van der Waals surface area contributed by atoms with Gasteiger partial charge in [-0.3, -0.25) is 9.55 Å². The van der Waals surface area contributed by atoms with Crippen molar-refractivity contribution >= 4 is 5.82 Å². The third-order valence-corrected chi connectivity index (χ3v) is 5.62. The van der Waals surface area contributed by atoms with Crippen molar-refractivity contribution in [3.8, 4) is 28.5 Å². The van der Waals surface area contributed by atoms with Crippen LogP contribution in [0.25, 0.3) is 28.5 Å². The van der Waals surface area contributed by atoms with E-state index < -0.39 is 0 Å². The summed E-state index contributed by atoms with van der Waals surface area (Å²) in [6.07, 6.45) is 7.40. The summed E-state index contributed by atoms with van der Waals surface area (Å²) < 4.78 is 2.08. The molecule has 0 aliphatic carbocycles. The van der Waals surface area contributed by atoms with Crippen molar-refractivity contribution in [2.45, 2.75) is 25.8 Å². The molecule has 0 amide bonds. The van der Waals surface area contributed by atoms with E-state index in [9.17, 15) is 0 Å². The largest absolute Gasteiger partial charge is 0.344 e. The van der Waals surface area contributed by atoms with Gasteiger partial charge in [0.25, 0.3) is 0 Å². The Morgan fingerprint density at radius 3 is 2.66 bits per heavy atom. The van der Waals surface area contributed by atoms with E-state index in [-0.39, 0.29) is 6.04 Å². The Balaban J connectivity index is 1.54. The number of anilines is 1. The zero-order valence-corrected chi connectivity index (χ0v) is 15.9. The standard InChI is InChI=1S/C21H18N8/c1-13-26-27-21-15-8-5-11-28(15)20-16(29(13)21)12-24-19(25-20)18-17(22-9-10-23-18)14-6-3-2-4-7-14/h2-4,6-7,9-10,12,15H,5,8,11H2,1H3. The lowest BCUT2D eigenvalue weighted by atomic mass is 10.1. The lowest BCUT2D eigenvalue weighted by Gasteiger charge is -2.32. The molecule has 2 aliphatic rings. The second-order valence-corrected chi connectivity index (χ2v) is 7.31. The third kappa shape index (κ3) is 2.38. The Morgan fingerprint density at radius 1 is 0.966 bits per heavy atom. The molecule has 0 bridgehead atoms. The smallest absolute Gasteiger partial charge is 0.182 e. The molecular weight excluding hydrogens is 364 g/mol. The highest BCUT2D eigenvalue weighted by Crippen LogP contribution is 2.43. The summed E-state index contributed by atoms with van der Waals surface area (Å²) in [5.41, 5.74) is 3.38. The van der Waals surface area contributed by atoms with Crippen LogP contribution in [-0.4, -0.2) is 41.2 Å². The highest BCUT2D eigenvalue weighted by Gasteiger charge is 2.38. The molecule has 1 atom stereocenters. The minimum absolute atomic E-state index is 0.210. The maximum Gasteiger partial charge on any atom is 0.182 e. The third-order valence-electron chi connectivity index (χ3n) is 5.62. The molecule has 8 nitrogen and oxygen atoms in total. The molecule has 0 saturated carbocycles. The first-order chi connectivity index (χ1) is 14.3. The topological polar surface area (TPSA) is 85.5 Å². The lowest BCUT2D eigenvalue weighted by Crippen LogP contribution is -2.32. The van der Waals surface area contributed by atoms with Gasteiger partial charge in [-0.05, 0) is 19.8 Å². The van der Waals surface area contributed by atoms with Crippen LogP contribution in [0.5, 0.6) is 0 Å². The molecule has 8 heteroatoms.